The number of nitrogens with zero attached hydrogens (tertiary/aromatic N) is 3. The Kier molecular flexibility index (Phi) is 6.02. The van der Waals surface area contributed by atoms with Crippen molar-refractivity contribution in [2.75, 3.05) is 26.3 Å². The number of aromatic nitrogens is 3. The summed E-state index contributed by atoms with van der Waals surface area (Å²) < 4.78 is 85.3. The first-order valence-electron chi connectivity index (χ1n) is 12.1. The number of hydrogen-bond acceptors (Lipinski definition) is 4. The van der Waals surface area contributed by atoms with E-state index in [0.29, 0.717) is 42.8 Å². The van der Waals surface area contributed by atoms with Gasteiger partial charge in [-0.2, -0.15) is 0 Å². The smallest absolute Gasteiger partial charge is 0.310 e. The van der Waals surface area contributed by atoms with Gasteiger partial charge in [-0.25, -0.2) is 14.4 Å². The van der Waals surface area contributed by atoms with E-state index in [-0.39, 0.29) is 42.6 Å². The zero-order chi connectivity index (χ0) is 26.5. The second-order valence-corrected chi connectivity index (χ2v) is 12.0. The molecule has 37 heavy (non-hydrogen) atoms. The highest BCUT2D eigenvalue weighted by Gasteiger charge is 2.65. The molecule has 6 nitrogen and oxygen atoms in total. The van der Waals surface area contributed by atoms with Crippen LogP contribution < -0.4 is 0 Å². The molecule has 202 valence electrons. The lowest BCUT2D eigenvalue weighted by atomic mass is 9.88. The SMILES string of the molecule is O=C(c1ccc(S(F)(F)(F)(F)F)cc1)N1CCC(c2c(F)cnc3nc([C@@H]4CCCOCC4)[nH]c23)CC1. The van der Waals surface area contributed by atoms with E-state index in [1.165, 1.54) is 4.90 Å². The van der Waals surface area contributed by atoms with E-state index in [9.17, 15) is 28.6 Å². The molecule has 1 amide bonds. The molecule has 2 aliphatic heterocycles. The highest BCUT2D eigenvalue weighted by atomic mass is 32.5. The third kappa shape index (κ3) is 5.42. The molecular formula is C24H26F6N4O2S. The van der Waals surface area contributed by atoms with Crippen LogP contribution in [0.2, 0.25) is 0 Å². The summed E-state index contributed by atoms with van der Waals surface area (Å²) in [5.41, 5.74) is 1.31. The number of halogens is 6. The zero-order valence-corrected chi connectivity index (χ0v) is 20.6. The molecule has 1 atom stereocenters. The van der Waals surface area contributed by atoms with Gasteiger partial charge in [0.25, 0.3) is 5.91 Å². The van der Waals surface area contributed by atoms with Gasteiger partial charge in [-0.15, -0.1) is 0 Å². The number of nitrogens with one attached hydrogen (secondary N) is 1. The summed E-state index contributed by atoms with van der Waals surface area (Å²) in [5.74, 6) is -0.342. The topological polar surface area (TPSA) is 71.1 Å². The Morgan fingerprint density at radius 3 is 2.35 bits per heavy atom. The maximum absolute atomic E-state index is 15.0. The highest BCUT2D eigenvalue weighted by molar-refractivity contribution is 8.45. The largest absolute Gasteiger partial charge is 0.381 e. The van der Waals surface area contributed by atoms with E-state index in [4.69, 9.17) is 4.74 Å². The fourth-order valence-corrected chi connectivity index (χ4v) is 5.80. The Balaban J connectivity index is 1.31. The predicted octanol–water partition coefficient (Wildman–Crippen LogP) is 7.06. The number of rotatable bonds is 4. The molecule has 2 aromatic heterocycles. The van der Waals surface area contributed by atoms with Crippen LogP contribution in [0.15, 0.2) is 35.4 Å². The van der Waals surface area contributed by atoms with Gasteiger partial charge in [-0.1, -0.05) is 19.4 Å². The molecule has 4 heterocycles. The van der Waals surface area contributed by atoms with Gasteiger partial charge in [0.05, 0.1) is 11.7 Å². The van der Waals surface area contributed by atoms with Gasteiger partial charge in [0.2, 0.25) is 0 Å². The molecule has 0 aliphatic carbocycles. The third-order valence-corrected chi connectivity index (χ3v) is 8.27. The van der Waals surface area contributed by atoms with Crippen molar-refractivity contribution in [3.63, 3.8) is 0 Å². The number of aromatic amines is 1. The number of carbonyl (C=O) groups is 1. The van der Waals surface area contributed by atoms with Gasteiger partial charge in [-0.3, -0.25) is 4.79 Å². The van der Waals surface area contributed by atoms with Crippen LogP contribution in [0.5, 0.6) is 0 Å². The average molecular weight is 549 g/mol. The molecule has 13 heteroatoms. The quantitative estimate of drug-likeness (QED) is 0.355. The van der Waals surface area contributed by atoms with E-state index in [0.717, 1.165) is 43.4 Å². The van der Waals surface area contributed by atoms with Gasteiger partial charge >= 0.3 is 10.2 Å². The fourth-order valence-electron chi connectivity index (χ4n) is 5.15. The molecule has 0 unspecified atom stereocenters. The number of benzene rings is 1. The van der Waals surface area contributed by atoms with Crippen molar-refractivity contribution >= 4 is 27.3 Å². The van der Waals surface area contributed by atoms with Gasteiger partial charge in [0, 0.05) is 43.3 Å². The molecule has 1 N–H and O–H groups in total. The van der Waals surface area contributed by atoms with E-state index in [2.05, 4.69) is 15.0 Å². The molecule has 0 spiro atoms. The van der Waals surface area contributed by atoms with Crippen LogP contribution in [-0.4, -0.2) is 52.1 Å². The predicted molar refractivity (Wildman–Crippen MR) is 127 cm³/mol. The Morgan fingerprint density at radius 1 is 0.973 bits per heavy atom. The van der Waals surface area contributed by atoms with E-state index in [1.54, 1.807) is 0 Å². The van der Waals surface area contributed by atoms with Gasteiger partial charge in [0.15, 0.2) is 5.65 Å². The molecule has 0 saturated carbocycles. The molecule has 0 bridgehead atoms. The third-order valence-electron chi connectivity index (χ3n) is 7.11. The number of piperidine rings is 1. The number of carbonyl (C=O) groups excluding carboxylic acids is 1. The van der Waals surface area contributed by atoms with E-state index >= 15 is 0 Å². The maximum atomic E-state index is 15.0. The van der Waals surface area contributed by atoms with Crippen molar-refractivity contribution < 1.29 is 33.4 Å². The summed E-state index contributed by atoms with van der Waals surface area (Å²) in [6.07, 6.45) is 4.60. The molecule has 3 aromatic rings. The first-order valence-corrected chi connectivity index (χ1v) is 14.0. The number of ether oxygens (including phenoxy) is 1. The Bertz CT molecular complexity index is 1310. The van der Waals surface area contributed by atoms with Crippen LogP contribution in [0.3, 0.4) is 0 Å². The fraction of sp³-hybridized carbons (Fsp3) is 0.458. The number of amides is 1. The minimum Gasteiger partial charge on any atom is -0.381 e. The zero-order valence-electron chi connectivity index (χ0n) is 19.7. The van der Waals surface area contributed by atoms with Crippen LogP contribution >= 0.6 is 10.2 Å². The first-order chi connectivity index (χ1) is 17.3. The summed E-state index contributed by atoms with van der Waals surface area (Å²) in [5, 5.41) is 0. The Morgan fingerprint density at radius 2 is 1.68 bits per heavy atom. The van der Waals surface area contributed by atoms with Gasteiger partial charge < -0.3 is 14.6 Å². The normalized spacial score (nSPS) is 21.9. The molecule has 2 saturated heterocycles. The molecule has 5 rings (SSSR count). The molecule has 2 fully saturated rings. The first kappa shape index (κ1) is 25.8. The minimum atomic E-state index is -9.81. The van der Waals surface area contributed by atoms with Crippen LogP contribution in [0.4, 0.5) is 23.8 Å². The van der Waals surface area contributed by atoms with E-state index in [1.807, 2.05) is 0 Å². The summed E-state index contributed by atoms with van der Waals surface area (Å²) in [7, 11) is -9.81. The van der Waals surface area contributed by atoms with Crippen LogP contribution in [0.1, 0.15) is 65.7 Å². The Hall–Kier alpha value is -2.80. The van der Waals surface area contributed by atoms with Crippen LogP contribution in [-0.2, 0) is 4.74 Å². The van der Waals surface area contributed by atoms with E-state index < -0.39 is 26.8 Å². The van der Waals surface area contributed by atoms with Crippen molar-refractivity contribution in [3.8, 4) is 0 Å². The number of likely N-dealkylation sites (tertiary alicyclic amines) is 1. The van der Waals surface area contributed by atoms with Gasteiger partial charge in [0.1, 0.15) is 16.5 Å². The number of fused-ring (bicyclic) bond motifs is 1. The second-order valence-electron chi connectivity index (χ2n) is 9.64. The van der Waals surface area contributed by atoms with Crippen molar-refractivity contribution in [1.82, 2.24) is 19.9 Å². The van der Waals surface area contributed by atoms with Gasteiger partial charge in [-0.05, 0) is 62.3 Å². The summed E-state index contributed by atoms with van der Waals surface area (Å²) in [6.45, 7) is 1.80. The molecule has 1 aromatic carbocycles. The molecule has 0 radical (unpaired) electrons. The van der Waals surface area contributed by atoms with Crippen molar-refractivity contribution in [3.05, 3.63) is 53.2 Å². The minimum absolute atomic E-state index is 0.118. The van der Waals surface area contributed by atoms with Crippen LogP contribution in [0, 0.1) is 5.82 Å². The molecule has 2 aliphatic rings. The monoisotopic (exact) mass is 548 g/mol. The van der Waals surface area contributed by atoms with Crippen molar-refractivity contribution in [2.45, 2.75) is 48.8 Å². The molecular weight excluding hydrogens is 522 g/mol. The van der Waals surface area contributed by atoms with Crippen molar-refractivity contribution in [1.29, 1.82) is 0 Å². The standard InChI is InChI=1S/C24H26F6N4O2S/c25-19-14-31-23-21(32-22(33-23)16-2-1-12-36-13-9-16)20(19)15-7-10-34(11-8-15)24(35)17-3-5-18(6-4-17)37(26,27,28,29)30/h3-6,14-16H,1-2,7-13H2,(H,31,32,33)/t16-/m1/s1. The van der Waals surface area contributed by atoms with Crippen LogP contribution in [0.25, 0.3) is 11.2 Å². The second kappa shape index (κ2) is 8.62. The number of hydrogen-bond donors (Lipinski definition) is 1. The summed E-state index contributed by atoms with van der Waals surface area (Å²) >= 11 is 0. The average Bonchev–Trinajstić information content (AvgIpc) is 3.08. The number of imidazole rings is 1. The lowest BCUT2D eigenvalue weighted by Crippen LogP contribution is -2.38. The summed E-state index contributed by atoms with van der Waals surface area (Å²) in [6, 6.07) is 2.00. The summed E-state index contributed by atoms with van der Waals surface area (Å²) in [4.78, 5) is 24.2. The van der Waals surface area contributed by atoms with Crippen molar-refractivity contribution in [2.24, 2.45) is 0 Å². The lowest BCUT2D eigenvalue weighted by Gasteiger charge is -2.40. The lowest BCUT2D eigenvalue weighted by molar-refractivity contribution is 0.0712. The maximum Gasteiger partial charge on any atom is 0.310 e. The number of H-pyrrole nitrogens is 1. The number of pyridine rings is 1. The highest BCUT2D eigenvalue weighted by Crippen LogP contribution is 3.02. The Labute approximate surface area is 209 Å².